The first-order chi connectivity index (χ1) is 16.4. The van der Waals surface area contributed by atoms with Gasteiger partial charge in [0.2, 0.25) is 0 Å². The predicted octanol–water partition coefficient (Wildman–Crippen LogP) is 4.57. The summed E-state index contributed by atoms with van der Waals surface area (Å²) in [6, 6.07) is 23.4. The second kappa shape index (κ2) is 10.1. The lowest BCUT2D eigenvalue weighted by Gasteiger charge is -2.30. The third-order valence-electron chi connectivity index (χ3n) is 6.59. The lowest BCUT2D eigenvalue weighted by molar-refractivity contribution is -0.123. The van der Waals surface area contributed by atoms with Crippen molar-refractivity contribution in [1.82, 2.24) is 14.9 Å². The van der Waals surface area contributed by atoms with Gasteiger partial charge in [-0.1, -0.05) is 48.5 Å². The van der Waals surface area contributed by atoms with Crippen molar-refractivity contribution < 1.29 is 14.3 Å². The van der Waals surface area contributed by atoms with Gasteiger partial charge in [0.1, 0.15) is 12.3 Å². The SMILES string of the molecule is COc1ccc(CCN2CC[N+](NC(=O)Cc3ccccc3)(c3ccc(C)c(C)c3)C2=O)cc1. The molecule has 3 aromatic carbocycles. The van der Waals surface area contributed by atoms with Gasteiger partial charge in [0, 0.05) is 18.7 Å². The molecule has 0 aromatic heterocycles. The third-order valence-corrected chi connectivity index (χ3v) is 6.59. The molecule has 1 N–H and O–H groups in total. The van der Waals surface area contributed by atoms with E-state index >= 15 is 0 Å². The van der Waals surface area contributed by atoms with Crippen molar-refractivity contribution in [2.75, 3.05) is 26.7 Å². The quantitative estimate of drug-likeness (QED) is 0.503. The standard InChI is InChI=1S/C28H31N3O3/c1-21-9-12-25(19-22(21)2)31(29-27(32)20-24-7-5-4-6-8-24)18-17-30(28(31)33)16-15-23-10-13-26(34-3)14-11-23/h4-14,19H,15-18,20H2,1-3H3/p+1. The molecule has 0 bridgehead atoms. The number of nitrogens with zero attached hydrogens (tertiary/aromatic N) is 2. The molecule has 1 fully saturated rings. The highest BCUT2D eigenvalue weighted by Gasteiger charge is 2.50. The Bertz CT molecular complexity index is 1160. The summed E-state index contributed by atoms with van der Waals surface area (Å²) in [5.74, 6) is 0.641. The number of hydrogen-bond donors (Lipinski definition) is 1. The molecule has 34 heavy (non-hydrogen) atoms. The van der Waals surface area contributed by atoms with Crippen molar-refractivity contribution in [2.24, 2.45) is 0 Å². The minimum Gasteiger partial charge on any atom is -0.497 e. The smallest absolute Gasteiger partial charge is 0.449 e. The van der Waals surface area contributed by atoms with Gasteiger partial charge in [-0.2, -0.15) is 5.43 Å². The van der Waals surface area contributed by atoms with Gasteiger partial charge in [-0.15, -0.1) is 4.59 Å². The zero-order valence-electron chi connectivity index (χ0n) is 20.1. The van der Waals surface area contributed by atoms with E-state index in [2.05, 4.69) is 5.43 Å². The maximum atomic E-state index is 13.8. The van der Waals surface area contributed by atoms with Crippen molar-refractivity contribution in [2.45, 2.75) is 26.7 Å². The average Bonchev–Trinajstić information content (AvgIpc) is 3.16. The summed E-state index contributed by atoms with van der Waals surface area (Å²) in [7, 11) is 1.65. The summed E-state index contributed by atoms with van der Waals surface area (Å²) < 4.78 is 5.05. The van der Waals surface area contributed by atoms with Crippen LogP contribution in [0.15, 0.2) is 72.8 Å². The van der Waals surface area contributed by atoms with Crippen LogP contribution in [-0.2, 0) is 17.6 Å². The second-order valence-corrected chi connectivity index (χ2v) is 8.87. The number of nitrogens with one attached hydrogen (secondary N) is 1. The van der Waals surface area contributed by atoms with Gasteiger partial charge in [-0.05, 0) is 54.7 Å². The van der Waals surface area contributed by atoms with Crippen LogP contribution in [0.3, 0.4) is 0 Å². The van der Waals surface area contributed by atoms with E-state index in [1.54, 1.807) is 7.11 Å². The number of methoxy groups -OCH3 is 1. The van der Waals surface area contributed by atoms with Crippen LogP contribution in [0.25, 0.3) is 0 Å². The Hall–Kier alpha value is -3.64. The highest BCUT2D eigenvalue weighted by atomic mass is 16.5. The summed E-state index contributed by atoms with van der Waals surface area (Å²) >= 11 is 0. The van der Waals surface area contributed by atoms with Crippen LogP contribution >= 0.6 is 0 Å². The van der Waals surface area contributed by atoms with Gasteiger partial charge in [0.05, 0.1) is 20.1 Å². The molecule has 3 aromatic rings. The van der Waals surface area contributed by atoms with Gasteiger partial charge in [-0.3, -0.25) is 9.69 Å². The fraction of sp³-hybridized carbons (Fsp3) is 0.286. The van der Waals surface area contributed by atoms with E-state index in [-0.39, 0.29) is 23.0 Å². The predicted molar refractivity (Wildman–Crippen MR) is 135 cm³/mol. The van der Waals surface area contributed by atoms with Gasteiger partial charge in [0.25, 0.3) is 5.91 Å². The molecular weight excluding hydrogens is 426 g/mol. The molecule has 0 radical (unpaired) electrons. The lowest BCUT2D eigenvalue weighted by Crippen LogP contribution is -2.64. The highest BCUT2D eigenvalue weighted by Crippen LogP contribution is 2.29. The van der Waals surface area contributed by atoms with Crippen LogP contribution in [0, 0.1) is 13.8 Å². The van der Waals surface area contributed by atoms with Crippen LogP contribution in [0.5, 0.6) is 5.75 Å². The first kappa shape index (κ1) is 23.5. The number of rotatable bonds is 8. The molecule has 0 aliphatic carbocycles. The molecule has 176 valence electrons. The Morgan fingerprint density at radius 3 is 2.38 bits per heavy atom. The number of quaternary nitrogens is 1. The van der Waals surface area contributed by atoms with Crippen molar-refractivity contribution >= 4 is 17.6 Å². The van der Waals surface area contributed by atoms with Crippen LogP contribution in [0.4, 0.5) is 10.5 Å². The largest absolute Gasteiger partial charge is 0.497 e. The first-order valence-corrected chi connectivity index (χ1v) is 11.6. The Labute approximate surface area is 201 Å². The van der Waals surface area contributed by atoms with E-state index in [1.165, 1.54) is 0 Å². The summed E-state index contributed by atoms with van der Waals surface area (Å²) in [5, 5.41) is 0. The molecule has 1 atom stereocenters. The van der Waals surface area contributed by atoms with Gasteiger partial charge in [0.15, 0.2) is 5.69 Å². The monoisotopic (exact) mass is 458 g/mol. The average molecular weight is 459 g/mol. The molecule has 6 heteroatoms. The van der Waals surface area contributed by atoms with E-state index < -0.39 is 0 Å². The molecule has 0 spiro atoms. The first-order valence-electron chi connectivity index (χ1n) is 11.6. The number of benzene rings is 3. The summed E-state index contributed by atoms with van der Waals surface area (Å²) in [4.78, 5) is 28.7. The molecule has 1 saturated heterocycles. The zero-order valence-corrected chi connectivity index (χ0v) is 20.1. The van der Waals surface area contributed by atoms with Crippen LogP contribution in [-0.4, -0.2) is 43.6 Å². The molecule has 1 unspecified atom stereocenters. The van der Waals surface area contributed by atoms with Crippen LogP contribution in [0.1, 0.15) is 22.3 Å². The summed E-state index contributed by atoms with van der Waals surface area (Å²) in [6.45, 7) is 5.73. The second-order valence-electron chi connectivity index (χ2n) is 8.87. The topological polar surface area (TPSA) is 58.6 Å². The van der Waals surface area contributed by atoms with Crippen molar-refractivity contribution in [3.63, 3.8) is 0 Å². The van der Waals surface area contributed by atoms with Gasteiger partial charge < -0.3 is 4.74 Å². The number of carbonyl (C=O) groups excluding carboxylic acids is 2. The minimum atomic E-state index is -0.185. The number of urea groups is 1. The highest BCUT2D eigenvalue weighted by molar-refractivity contribution is 5.93. The number of amides is 3. The van der Waals surface area contributed by atoms with Gasteiger partial charge in [-0.25, -0.2) is 4.79 Å². The fourth-order valence-corrected chi connectivity index (χ4v) is 4.37. The van der Waals surface area contributed by atoms with Gasteiger partial charge >= 0.3 is 6.03 Å². The number of ether oxygens (including phenoxy) is 1. The van der Waals surface area contributed by atoms with E-state index in [9.17, 15) is 9.59 Å². The van der Waals surface area contributed by atoms with Crippen molar-refractivity contribution in [3.8, 4) is 5.75 Å². The lowest BCUT2D eigenvalue weighted by atomic mass is 10.1. The summed E-state index contributed by atoms with van der Waals surface area (Å²) in [6.07, 6.45) is 0.964. The number of aryl methyl sites for hydroxylation is 2. The molecule has 4 rings (SSSR count). The number of carbonyl (C=O) groups is 2. The van der Waals surface area contributed by atoms with Crippen molar-refractivity contribution in [1.29, 1.82) is 0 Å². The van der Waals surface area contributed by atoms with E-state index in [0.717, 1.165) is 40.1 Å². The summed E-state index contributed by atoms with van der Waals surface area (Å²) in [5.41, 5.74) is 8.18. The molecular formula is C28H32N3O3+. The van der Waals surface area contributed by atoms with E-state index in [0.29, 0.717) is 19.6 Å². The molecule has 3 amide bonds. The molecule has 6 nitrogen and oxygen atoms in total. The maximum absolute atomic E-state index is 13.8. The molecule has 1 heterocycles. The third kappa shape index (κ3) is 4.97. The van der Waals surface area contributed by atoms with Crippen molar-refractivity contribution in [3.05, 3.63) is 95.1 Å². The van der Waals surface area contributed by atoms with Crippen LogP contribution < -0.4 is 14.8 Å². The Balaban J connectivity index is 1.55. The normalized spacial score (nSPS) is 17.6. The van der Waals surface area contributed by atoms with E-state index in [4.69, 9.17) is 4.74 Å². The Kier molecular flexibility index (Phi) is 6.98. The Morgan fingerprint density at radius 1 is 0.971 bits per heavy atom. The maximum Gasteiger partial charge on any atom is 0.449 e. The Morgan fingerprint density at radius 2 is 1.71 bits per heavy atom. The van der Waals surface area contributed by atoms with E-state index in [1.807, 2.05) is 91.5 Å². The molecule has 1 aliphatic rings. The minimum absolute atomic E-state index is 0.0989. The molecule has 0 saturated carbocycles. The number of hydrogen-bond acceptors (Lipinski definition) is 3. The fourth-order valence-electron chi connectivity index (χ4n) is 4.37. The zero-order chi connectivity index (χ0) is 24.1. The van der Waals surface area contributed by atoms with Crippen LogP contribution in [0.2, 0.25) is 0 Å². The molecule has 1 aliphatic heterocycles.